The lowest BCUT2D eigenvalue weighted by atomic mass is 10.4. The first-order chi connectivity index (χ1) is 5.59. The minimum atomic E-state index is -0.129. The Labute approximate surface area is 71.3 Å². The van der Waals surface area contributed by atoms with Gasteiger partial charge >= 0.3 is 0 Å². The zero-order valence-corrected chi connectivity index (χ0v) is 7.16. The molecule has 0 spiro atoms. The first-order valence-electron chi connectivity index (χ1n) is 3.56. The molecule has 0 saturated heterocycles. The summed E-state index contributed by atoms with van der Waals surface area (Å²) in [7, 11) is 1.84. The molecule has 1 N–H and O–H groups in total. The SMILES string of the molecule is C=C1N=C(NC(C)=O)C=CN1C. The van der Waals surface area contributed by atoms with E-state index in [4.69, 9.17) is 0 Å². The van der Waals surface area contributed by atoms with Crippen molar-refractivity contribution in [2.45, 2.75) is 6.92 Å². The Hall–Kier alpha value is -1.58. The van der Waals surface area contributed by atoms with Crippen LogP contribution >= 0.6 is 0 Å². The highest BCUT2D eigenvalue weighted by Crippen LogP contribution is 2.05. The highest BCUT2D eigenvalue weighted by Gasteiger charge is 2.05. The van der Waals surface area contributed by atoms with E-state index in [9.17, 15) is 4.79 Å². The van der Waals surface area contributed by atoms with Crippen molar-refractivity contribution in [1.29, 1.82) is 0 Å². The van der Waals surface area contributed by atoms with Gasteiger partial charge in [-0.05, 0) is 6.08 Å². The summed E-state index contributed by atoms with van der Waals surface area (Å²) in [5.74, 6) is 1.02. The summed E-state index contributed by atoms with van der Waals surface area (Å²) >= 11 is 0. The number of hydrogen-bond acceptors (Lipinski definition) is 3. The summed E-state index contributed by atoms with van der Waals surface area (Å²) in [6, 6.07) is 0. The first kappa shape index (κ1) is 8.52. The molecule has 0 aromatic heterocycles. The van der Waals surface area contributed by atoms with Crippen molar-refractivity contribution < 1.29 is 4.79 Å². The van der Waals surface area contributed by atoms with E-state index in [1.54, 1.807) is 17.2 Å². The van der Waals surface area contributed by atoms with Crippen LogP contribution in [0.15, 0.2) is 29.7 Å². The average molecular weight is 165 g/mol. The molecule has 0 radical (unpaired) electrons. The zero-order valence-electron chi connectivity index (χ0n) is 7.16. The van der Waals surface area contributed by atoms with Crippen LogP contribution in [-0.2, 0) is 4.79 Å². The van der Waals surface area contributed by atoms with E-state index >= 15 is 0 Å². The second-order valence-electron chi connectivity index (χ2n) is 2.52. The van der Waals surface area contributed by atoms with Gasteiger partial charge in [-0.1, -0.05) is 6.58 Å². The largest absolute Gasteiger partial charge is 0.336 e. The Balaban J connectivity index is 2.70. The summed E-state index contributed by atoms with van der Waals surface area (Å²) in [6.07, 6.45) is 3.51. The van der Waals surface area contributed by atoms with Gasteiger partial charge in [0.2, 0.25) is 5.91 Å². The van der Waals surface area contributed by atoms with Crippen LogP contribution in [0.2, 0.25) is 0 Å². The Kier molecular flexibility index (Phi) is 2.28. The molecule has 1 rings (SSSR count). The predicted molar refractivity (Wildman–Crippen MR) is 47.3 cm³/mol. The van der Waals surface area contributed by atoms with Crippen molar-refractivity contribution in [3.05, 3.63) is 24.7 Å². The smallest absolute Gasteiger partial charge is 0.222 e. The number of nitrogens with one attached hydrogen (secondary N) is 1. The lowest BCUT2D eigenvalue weighted by Crippen LogP contribution is -2.29. The van der Waals surface area contributed by atoms with Crippen LogP contribution in [0.25, 0.3) is 0 Å². The monoisotopic (exact) mass is 165 g/mol. The molecule has 0 saturated carbocycles. The molecule has 4 nitrogen and oxygen atoms in total. The molecule has 12 heavy (non-hydrogen) atoms. The van der Waals surface area contributed by atoms with Gasteiger partial charge < -0.3 is 10.2 Å². The zero-order chi connectivity index (χ0) is 9.14. The summed E-state index contributed by atoms with van der Waals surface area (Å²) < 4.78 is 0. The Morgan fingerprint density at radius 2 is 2.42 bits per heavy atom. The fourth-order valence-corrected chi connectivity index (χ4v) is 0.774. The van der Waals surface area contributed by atoms with Gasteiger partial charge in [0.25, 0.3) is 0 Å². The van der Waals surface area contributed by atoms with Gasteiger partial charge in [-0.3, -0.25) is 4.79 Å². The van der Waals surface area contributed by atoms with Crippen LogP contribution in [0.3, 0.4) is 0 Å². The lowest BCUT2D eigenvalue weighted by molar-refractivity contribution is -0.117. The van der Waals surface area contributed by atoms with Crippen molar-refractivity contribution in [2.75, 3.05) is 7.05 Å². The van der Waals surface area contributed by atoms with E-state index in [2.05, 4.69) is 16.9 Å². The molecule has 1 aliphatic heterocycles. The Bertz CT molecular complexity index is 278. The highest BCUT2D eigenvalue weighted by atomic mass is 16.1. The van der Waals surface area contributed by atoms with Crippen molar-refractivity contribution >= 4 is 11.7 Å². The summed E-state index contributed by atoms with van der Waals surface area (Å²) in [5, 5.41) is 2.57. The van der Waals surface area contributed by atoms with Gasteiger partial charge in [-0.2, -0.15) is 0 Å². The molecule has 1 amide bonds. The van der Waals surface area contributed by atoms with E-state index in [-0.39, 0.29) is 5.91 Å². The van der Waals surface area contributed by atoms with Crippen LogP contribution in [0.1, 0.15) is 6.92 Å². The second-order valence-corrected chi connectivity index (χ2v) is 2.52. The molecule has 0 fully saturated rings. The lowest BCUT2D eigenvalue weighted by Gasteiger charge is -2.18. The predicted octanol–water partition coefficient (Wildman–Crippen LogP) is 0.451. The quantitative estimate of drug-likeness (QED) is 0.566. The Morgan fingerprint density at radius 1 is 1.75 bits per heavy atom. The number of carbonyl (C=O) groups excluding carboxylic acids is 1. The van der Waals surface area contributed by atoms with E-state index < -0.39 is 0 Å². The summed E-state index contributed by atoms with van der Waals surface area (Å²) in [6.45, 7) is 5.13. The van der Waals surface area contributed by atoms with Crippen LogP contribution < -0.4 is 5.32 Å². The highest BCUT2D eigenvalue weighted by molar-refractivity contribution is 6.04. The maximum atomic E-state index is 10.6. The molecule has 0 atom stereocenters. The van der Waals surface area contributed by atoms with Crippen LogP contribution in [-0.4, -0.2) is 23.7 Å². The number of nitrogens with zero attached hydrogens (tertiary/aromatic N) is 2. The third kappa shape index (κ3) is 1.95. The van der Waals surface area contributed by atoms with Gasteiger partial charge in [0.05, 0.1) is 0 Å². The van der Waals surface area contributed by atoms with Crippen LogP contribution in [0, 0.1) is 0 Å². The van der Waals surface area contributed by atoms with Crippen molar-refractivity contribution in [3.63, 3.8) is 0 Å². The molecular weight excluding hydrogens is 154 g/mol. The van der Waals surface area contributed by atoms with Crippen molar-refractivity contribution in [1.82, 2.24) is 10.2 Å². The average Bonchev–Trinajstić information content (AvgIpc) is 1.96. The van der Waals surface area contributed by atoms with Crippen LogP contribution in [0.4, 0.5) is 0 Å². The minimum Gasteiger partial charge on any atom is -0.336 e. The summed E-state index contributed by atoms with van der Waals surface area (Å²) in [4.78, 5) is 16.4. The molecule has 1 heterocycles. The van der Waals surface area contributed by atoms with Gasteiger partial charge in [0.15, 0.2) is 0 Å². The number of aliphatic imine (C=N–C) groups is 1. The molecule has 1 aliphatic rings. The normalized spacial score (nSPS) is 16.0. The minimum absolute atomic E-state index is 0.129. The standard InChI is InChI=1S/C8H11N3O/c1-6-9-8(10-7(2)12)4-5-11(6)3/h4-5H,1H2,2-3H3,(H,9,10,12). The number of hydrogen-bond donors (Lipinski definition) is 1. The molecule has 0 aliphatic carbocycles. The number of amides is 1. The second kappa shape index (κ2) is 3.21. The fraction of sp³-hybridized carbons (Fsp3) is 0.250. The van der Waals surface area contributed by atoms with Crippen LogP contribution in [0.5, 0.6) is 0 Å². The van der Waals surface area contributed by atoms with Gasteiger partial charge in [-0.15, -0.1) is 0 Å². The maximum Gasteiger partial charge on any atom is 0.222 e. The molecule has 4 heteroatoms. The van der Waals surface area contributed by atoms with Crippen molar-refractivity contribution in [3.8, 4) is 0 Å². The third-order valence-corrected chi connectivity index (χ3v) is 1.42. The molecule has 0 aromatic carbocycles. The Morgan fingerprint density at radius 3 is 2.92 bits per heavy atom. The first-order valence-corrected chi connectivity index (χ1v) is 3.56. The topological polar surface area (TPSA) is 44.7 Å². The molecule has 0 aromatic rings. The maximum absolute atomic E-state index is 10.6. The van der Waals surface area contributed by atoms with E-state index in [0.29, 0.717) is 11.7 Å². The number of carbonyl (C=O) groups is 1. The summed E-state index contributed by atoms with van der Waals surface area (Å²) in [5.41, 5.74) is 0. The molecule has 0 unspecified atom stereocenters. The number of amidine groups is 1. The van der Waals surface area contributed by atoms with E-state index in [1.807, 2.05) is 7.05 Å². The van der Waals surface area contributed by atoms with E-state index in [1.165, 1.54) is 6.92 Å². The van der Waals surface area contributed by atoms with Gasteiger partial charge in [0.1, 0.15) is 11.7 Å². The van der Waals surface area contributed by atoms with Gasteiger partial charge in [0, 0.05) is 20.2 Å². The molecular formula is C8H11N3O. The number of rotatable bonds is 0. The van der Waals surface area contributed by atoms with Gasteiger partial charge in [-0.25, -0.2) is 4.99 Å². The molecule has 0 bridgehead atoms. The third-order valence-electron chi connectivity index (χ3n) is 1.42. The molecule has 64 valence electrons. The fourth-order valence-electron chi connectivity index (χ4n) is 0.774. The van der Waals surface area contributed by atoms with E-state index in [0.717, 1.165) is 0 Å². The van der Waals surface area contributed by atoms with Crippen molar-refractivity contribution in [2.24, 2.45) is 4.99 Å².